The van der Waals surface area contributed by atoms with E-state index < -0.39 is 10.0 Å². The Balaban J connectivity index is 1.88. The predicted molar refractivity (Wildman–Crippen MR) is 132 cm³/mol. The number of nitrogens with zero attached hydrogens (tertiary/aromatic N) is 1. The fourth-order valence-corrected chi connectivity index (χ4v) is 7.23. The first kappa shape index (κ1) is 24.9. The normalized spacial score (nSPS) is 16.2. The second kappa shape index (κ2) is 10.5. The molecule has 0 radical (unpaired) electrons. The van der Waals surface area contributed by atoms with Crippen LogP contribution in [0, 0.1) is 20.8 Å². The quantitative estimate of drug-likeness (QED) is 0.518. The Morgan fingerprint density at radius 1 is 1.09 bits per heavy atom. The number of amides is 1. The molecule has 0 aromatic heterocycles. The van der Waals surface area contributed by atoms with Crippen LogP contribution in [0.5, 0.6) is 0 Å². The van der Waals surface area contributed by atoms with Crippen molar-refractivity contribution in [3.05, 3.63) is 63.1 Å². The van der Waals surface area contributed by atoms with Crippen molar-refractivity contribution in [1.82, 2.24) is 9.62 Å². The molecule has 3 rings (SSSR count). The van der Waals surface area contributed by atoms with Gasteiger partial charge in [0.1, 0.15) is 0 Å². The van der Waals surface area contributed by atoms with Crippen molar-refractivity contribution in [2.45, 2.75) is 76.8 Å². The Morgan fingerprint density at radius 3 is 2.31 bits per heavy atom. The van der Waals surface area contributed by atoms with Gasteiger partial charge in [-0.25, -0.2) is 8.42 Å². The van der Waals surface area contributed by atoms with Gasteiger partial charge in [0.15, 0.2) is 0 Å². The van der Waals surface area contributed by atoms with Crippen molar-refractivity contribution >= 4 is 31.9 Å². The smallest absolute Gasteiger partial charge is 0.244 e. The molecule has 0 saturated heterocycles. The van der Waals surface area contributed by atoms with E-state index in [4.69, 9.17) is 0 Å². The first-order valence-corrected chi connectivity index (χ1v) is 13.5. The van der Waals surface area contributed by atoms with E-state index in [1.165, 1.54) is 4.31 Å². The van der Waals surface area contributed by atoms with E-state index in [9.17, 15) is 13.2 Å². The Bertz CT molecular complexity index is 1060. The summed E-state index contributed by atoms with van der Waals surface area (Å²) < 4.78 is 30.1. The van der Waals surface area contributed by atoms with Crippen molar-refractivity contribution in [3.63, 3.8) is 0 Å². The van der Waals surface area contributed by atoms with Gasteiger partial charge in [-0.2, -0.15) is 4.31 Å². The first-order chi connectivity index (χ1) is 15.1. The largest absolute Gasteiger partial charge is 0.348 e. The SMILES string of the molecule is Cc1cc(C)c(S(=O)(=O)N(CC(=O)N[C@H](C)c2cccc(Br)c2)C2CCCCC2)c(C)c1. The summed E-state index contributed by atoms with van der Waals surface area (Å²) in [5, 5.41) is 2.99. The zero-order chi connectivity index (χ0) is 23.5. The van der Waals surface area contributed by atoms with Crippen molar-refractivity contribution in [2.75, 3.05) is 6.54 Å². The van der Waals surface area contributed by atoms with Crippen molar-refractivity contribution < 1.29 is 13.2 Å². The number of hydrogen-bond acceptors (Lipinski definition) is 3. The maximum Gasteiger partial charge on any atom is 0.244 e. The van der Waals surface area contributed by atoms with Crippen molar-refractivity contribution in [3.8, 4) is 0 Å². The number of benzene rings is 2. The van der Waals surface area contributed by atoms with Crippen LogP contribution in [0.4, 0.5) is 0 Å². The lowest BCUT2D eigenvalue weighted by atomic mass is 9.95. The van der Waals surface area contributed by atoms with Crippen LogP contribution in [0.25, 0.3) is 0 Å². The third-order valence-corrected chi connectivity index (χ3v) is 8.88. The molecule has 1 aliphatic rings. The summed E-state index contributed by atoms with van der Waals surface area (Å²) in [5.41, 5.74) is 3.45. The third kappa shape index (κ3) is 5.80. The van der Waals surface area contributed by atoms with Crippen LogP contribution in [0.2, 0.25) is 0 Å². The number of sulfonamides is 1. The minimum Gasteiger partial charge on any atom is -0.348 e. The molecule has 2 aromatic rings. The molecular weight excluding hydrogens is 488 g/mol. The van der Waals surface area contributed by atoms with Gasteiger partial charge >= 0.3 is 0 Å². The molecule has 1 aliphatic carbocycles. The average molecular weight is 522 g/mol. The molecule has 7 heteroatoms. The summed E-state index contributed by atoms with van der Waals surface area (Å²) in [6.07, 6.45) is 4.66. The van der Waals surface area contributed by atoms with Crippen LogP contribution in [0.15, 0.2) is 45.8 Å². The summed E-state index contributed by atoms with van der Waals surface area (Å²) in [7, 11) is -3.82. The lowest BCUT2D eigenvalue weighted by molar-refractivity contribution is -0.122. The van der Waals surface area contributed by atoms with Gasteiger partial charge < -0.3 is 5.32 Å². The summed E-state index contributed by atoms with van der Waals surface area (Å²) in [4.78, 5) is 13.4. The number of nitrogens with one attached hydrogen (secondary N) is 1. The van der Waals surface area contributed by atoms with E-state index in [0.29, 0.717) is 4.90 Å². The highest BCUT2D eigenvalue weighted by atomic mass is 79.9. The van der Waals surface area contributed by atoms with Gasteiger partial charge in [0, 0.05) is 10.5 Å². The van der Waals surface area contributed by atoms with Gasteiger partial charge in [0.25, 0.3) is 0 Å². The molecule has 1 atom stereocenters. The van der Waals surface area contributed by atoms with E-state index in [0.717, 1.165) is 58.8 Å². The molecule has 1 N–H and O–H groups in total. The van der Waals surface area contributed by atoms with Gasteiger partial charge in [-0.15, -0.1) is 0 Å². The van der Waals surface area contributed by atoms with Gasteiger partial charge in [-0.1, -0.05) is 65.0 Å². The molecule has 174 valence electrons. The fraction of sp³-hybridized carbons (Fsp3) is 0.480. The molecule has 1 amide bonds. The molecule has 1 fully saturated rings. The van der Waals surface area contributed by atoms with E-state index in [-0.39, 0.29) is 24.5 Å². The standard InChI is InChI=1S/C25H33BrN2O3S/c1-17-13-18(2)25(19(3)14-17)32(30,31)28(23-11-6-5-7-12-23)16-24(29)27-20(4)21-9-8-10-22(26)15-21/h8-10,13-15,20,23H,5-7,11-12,16H2,1-4H3,(H,27,29)/t20-/m1/s1. The molecule has 0 bridgehead atoms. The second-order valence-electron chi connectivity index (χ2n) is 8.91. The molecular formula is C25H33BrN2O3S. The van der Waals surface area contributed by atoms with Crippen molar-refractivity contribution in [1.29, 1.82) is 0 Å². The van der Waals surface area contributed by atoms with Crippen LogP contribution in [0.3, 0.4) is 0 Å². The highest BCUT2D eigenvalue weighted by Gasteiger charge is 2.36. The van der Waals surface area contributed by atoms with Crippen LogP contribution >= 0.6 is 15.9 Å². The Hall–Kier alpha value is -1.70. The third-order valence-electron chi connectivity index (χ3n) is 6.18. The summed E-state index contributed by atoms with van der Waals surface area (Å²) >= 11 is 3.46. The minimum absolute atomic E-state index is 0.152. The van der Waals surface area contributed by atoms with Crippen LogP contribution in [-0.4, -0.2) is 31.2 Å². The molecule has 0 unspecified atom stereocenters. The van der Waals surface area contributed by atoms with Crippen LogP contribution in [-0.2, 0) is 14.8 Å². The van der Waals surface area contributed by atoms with Gasteiger partial charge in [0.05, 0.1) is 17.5 Å². The highest BCUT2D eigenvalue weighted by Crippen LogP contribution is 2.31. The summed E-state index contributed by atoms with van der Waals surface area (Å²) in [6, 6.07) is 11.2. The molecule has 1 saturated carbocycles. The molecule has 0 heterocycles. The minimum atomic E-state index is -3.82. The molecule has 5 nitrogen and oxygen atoms in total. The number of rotatable bonds is 7. The highest BCUT2D eigenvalue weighted by molar-refractivity contribution is 9.10. The number of hydrogen-bond donors (Lipinski definition) is 1. The Labute approximate surface area is 200 Å². The zero-order valence-corrected chi connectivity index (χ0v) is 21.7. The van der Waals surface area contributed by atoms with E-state index in [1.54, 1.807) is 0 Å². The van der Waals surface area contributed by atoms with E-state index in [2.05, 4.69) is 21.2 Å². The molecule has 0 aliphatic heterocycles. The second-order valence-corrected chi connectivity index (χ2v) is 11.7. The predicted octanol–water partition coefficient (Wildman–Crippen LogP) is 5.58. The Kier molecular flexibility index (Phi) is 8.17. The lowest BCUT2D eigenvalue weighted by Crippen LogP contribution is -2.47. The van der Waals surface area contributed by atoms with Crippen LogP contribution in [0.1, 0.15) is 67.3 Å². The van der Waals surface area contributed by atoms with Gasteiger partial charge in [0.2, 0.25) is 15.9 Å². The fourth-order valence-electron chi connectivity index (χ4n) is 4.76. The van der Waals surface area contributed by atoms with E-state index in [1.807, 2.05) is 64.1 Å². The lowest BCUT2D eigenvalue weighted by Gasteiger charge is -2.34. The van der Waals surface area contributed by atoms with E-state index >= 15 is 0 Å². The maximum atomic E-state index is 13.9. The number of carbonyl (C=O) groups is 1. The molecule has 0 spiro atoms. The number of halogens is 1. The zero-order valence-electron chi connectivity index (χ0n) is 19.3. The number of carbonyl (C=O) groups excluding carboxylic acids is 1. The van der Waals surface area contributed by atoms with Crippen LogP contribution < -0.4 is 5.32 Å². The maximum absolute atomic E-state index is 13.9. The first-order valence-electron chi connectivity index (χ1n) is 11.2. The topological polar surface area (TPSA) is 66.5 Å². The van der Waals surface area contributed by atoms with Crippen molar-refractivity contribution in [2.24, 2.45) is 0 Å². The molecule has 2 aromatic carbocycles. The van der Waals surface area contributed by atoms with Gasteiger partial charge in [-0.3, -0.25) is 4.79 Å². The monoisotopic (exact) mass is 520 g/mol. The number of aryl methyl sites for hydroxylation is 3. The molecule has 32 heavy (non-hydrogen) atoms. The average Bonchev–Trinajstić information content (AvgIpc) is 2.71. The summed E-state index contributed by atoms with van der Waals surface area (Å²) in [6.45, 7) is 7.38. The Morgan fingerprint density at radius 2 is 1.72 bits per heavy atom. The summed E-state index contributed by atoms with van der Waals surface area (Å²) in [5.74, 6) is -0.283. The van der Waals surface area contributed by atoms with Gasteiger partial charge in [-0.05, 0) is 69.4 Å².